The number of aromatic nitrogens is 1. The van der Waals surface area contributed by atoms with Gasteiger partial charge < -0.3 is 0 Å². The maximum atomic E-state index is 12.2. The van der Waals surface area contributed by atoms with E-state index >= 15 is 0 Å². The van der Waals surface area contributed by atoms with Crippen molar-refractivity contribution in [1.29, 1.82) is 0 Å². The lowest BCUT2D eigenvalue weighted by Gasteiger charge is -2.12. The van der Waals surface area contributed by atoms with E-state index in [0.29, 0.717) is 17.7 Å². The monoisotopic (exact) mass is 281 g/mol. The van der Waals surface area contributed by atoms with Crippen molar-refractivity contribution in [2.75, 3.05) is 6.54 Å². The molecule has 0 spiro atoms. The summed E-state index contributed by atoms with van der Waals surface area (Å²) in [6.45, 7) is 3.28. The minimum absolute atomic E-state index is 0.176. The van der Waals surface area contributed by atoms with Crippen molar-refractivity contribution >= 4 is 11.8 Å². The number of benzene rings is 1. The Morgan fingerprint density at radius 2 is 1.52 bits per heavy atom. The molecule has 0 N–H and O–H groups in total. The van der Waals surface area contributed by atoms with Gasteiger partial charge in [-0.15, -0.1) is 0 Å². The first-order valence-electron chi connectivity index (χ1n) is 7.08. The highest BCUT2D eigenvalue weighted by molar-refractivity contribution is 6.21. The average Bonchev–Trinajstić information content (AvgIpc) is 2.75. The maximum Gasteiger partial charge on any atom is 0.261 e. The van der Waals surface area contributed by atoms with Crippen LogP contribution in [0.2, 0.25) is 0 Å². The molecule has 4 heteroatoms. The number of hydrogen-bond donors (Lipinski definition) is 0. The van der Waals surface area contributed by atoms with Crippen LogP contribution >= 0.6 is 0 Å². The van der Waals surface area contributed by atoms with Gasteiger partial charge in [0.05, 0.1) is 11.1 Å². The van der Waals surface area contributed by atoms with Crippen LogP contribution in [0.5, 0.6) is 0 Å². The predicted octanol–water partition coefficient (Wildman–Crippen LogP) is 1.97. The molecule has 4 nitrogen and oxygen atoms in total. The summed E-state index contributed by atoms with van der Waals surface area (Å²) >= 11 is 0. The van der Waals surface area contributed by atoms with E-state index in [9.17, 15) is 9.59 Å². The van der Waals surface area contributed by atoms with E-state index in [-0.39, 0.29) is 11.8 Å². The number of carbonyl (C=O) groups excluding carboxylic acids is 2. The van der Waals surface area contributed by atoms with Gasteiger partial charge in [0.25, 0.3) is 11.8 Å². The molecular weight excluding hydrogens is 264 g/mol. The van der Waals surface area contributed by atoms with Gasteiger partial charge in [-0.25, -0.2) is 4.57 Å². The van der Waals surface area contributed by atoms with Crippen LogP contribution in [0, 0.1) is 6.92 Å². The summed E-state index contributed by atoms with van der Waals surface area (Å²) in [4.78, 5) is 25.7. The molecule has 0 bridgehead atoms. The Bertz CT molecular complexity index is 657. The standard InChI is InChI=1S/C17H17N2O2/c1-13-7-11-18(12-8-13)9-4-10-19-16(20)14-5-2-3-6-15(14)17(19)21/h2-3,5-8,11-12H,4,9-10H2,1H3/q+1. The van der Waals surface area contributed by atoms with E-state index in [0.717, 1.165) is 13.0 Å². The highest BCUT2D eigenvalue weighted by Gasteiger charge is 2.34. The molecule has 2 aromatic rings. The highest BCUT2D eigenvalue weighted by atomic mass is 16.2. The molecule has 21 heavy (non-hydrogen) atoms. The van der Waals surface area contributed by atoms with Crippen molar-refractivity contribution in [1.82, 2.24) is 4.90 Å². The molecule has 0 atom stereocenters. The molecule has 0 fully saturated rings. The summed E-state index contributed by atoms with van der Waals surface area (Å²) in [7, 11) is 0. The third kappa shape index (κ3) is 2.57. The van der Waals surface area contributed by atoms with Crippen LogP contribution in [0.25, 0.3) is 0 Å². The summed E-state index contributed by atoms with van der Waals surface area (Å²) < 4.78 is 2.06. The lowest BCUT2D eigenvalue weighted by atomic mass is 10.1. The average molecular weight is 281 g/mol. The normalized spacial score (nSPS) is 13.7. The van der Waals surface area contributed by atoms with Crippen molar-refractivity contribution in [2.45, 2.75) is 19.9 Å². The quantitative estimate of drug-likeness (QED) is 0.635. The minimum atomic E-state index is -0.176. The van der Waals surface area contributed by atoms with E-state index in [1.54, 1.807) is 24.3 Å². The van der Waals surface area contributed by atoms with Crippen molar-refractivity contribution in [3.63, 3.8) is 0 Å². The van der Waals surface area contributed by atoms with Crippen LogP contribution in [0.1, 0.15) is 32.7 Å². The van der Waals surface area contributed by atoms with Crippen LogP contribution in [0.4, 0.5) is 0 Å². The summed E-state index contributed by atoms with van der Waals surface area (Å²) in [5, 5.41) is 0. The molecule has 3 rings (SSSR count). The number of rotatable bonds is 4. The Labute approximate surface area is 123 Å². The third-order valence-electron chi connectivity index (χ3n) is 3.73. The second-order valence-corrected chi connectivity index (χ2v) is 5.27. The minimum Gasteiger partial charge on any atom is -0.274 e. The topological polar surface area (TPSA) is 41.3 Å². The van der Waals surface area contributed by atoms with Crippen molar-refractivity contribution in [3.05, 3.63) is 65.5 Å². The highest BCUT2D eigenvalue weighted by Crippen LogP contribution is 2.22. The fourth-order valence-corrected chi connectivity index (χ4v) is 2.53. The van der Waals surface area contributed by atoms with Gasteiger partial charge in [0.2, 0.25) is 0 Å². The van der Waals surface area contributed by atoms with E-state index in [4.69, 9.17) is 0 Å². The molecule has 106 valence electrons. The summed E-state index contributed by atoms with van der Waals surface area (Å²) in [6, 6.07) is 11.1. The Balaban J connectivity index is 1.63. The molecule has 0 unspecified atom stereocenters. The van der Waals surface area contributed by atoms with Crippen LogP contribution in [-0.2, 0) is 6.54 Å². The first-order chi connectivity index (χ1) is 10.2. The second-order valence-electron chi connectivity index (χ2n) is 5.27. The molecule has 2 amide bonds. The van der Waals surface area contributed by atoms with Crippen LogP contribution in [0.3, 0.4) is 0 Å². The molecule has 0 aliphatic carbocycles. The SMILES string of the molecule is Cc1cc[n+](CCCN2C(=O)c3ccccc3C2=O)cc1. The largest absolute Gasteiger partial charge is 0.274 e. The number of imide groups is 1. The second kappa shape index (κ2) is 5.48. The smallest absolute Gasteiger partial charge is 0.261 e. The summed E-state index contributed by atoms with van der Waals surface area (Å²) in [6.07, 6.45) is 4.77. The van der Waals surface area contributed by atoms with Gasteiger partial charge in [-0.1, -0.05) is 12.1 Å². The number of aryl methyl sites for hydroxylation is 2. The first-order valence-corrected chi connectivity index (χ1v) is 7.08. The lowest BCUT2D eigenvalue weighted by molar-refractivity contribution is -0.697. The molecule has 0 radical (unpaired) electrons. The number of fused-ring (bicyclic) bond motifs is 1. The van der Waals surface area contributed by atoms with Crippen molar-refractivity contribution in [2.24, 2.45) is 0 Å². The lowest BCUT2D eigenvalue weighted by Crippen LogP contribution is -2.37. The molecule has 1 aliphatic heterocycles. The Morgan fingerprint density at radius 3 is 2.10 bits per heavy atom. The number of hydrogen-bond acceptors (Lipinski definition) is 2. The van der Waals surface area contributed by atoms with Crippen molar-refractivity contribution in [3.8, 4) is 0 Å². The fraction of sp³-hybridized carbons (Fsp3) is 0.235. The van der Waals surface area contributed by atoms with Crippen molar-refractivity contribution < 1.29 is 14.2 Å². The van der Waals surface area contributed by atoms with Gasteiger partial charge in [-0.2, -0.15) is 0 Å². The summed E-state index contributed by atoms with van der Waals surface area (Å²) in [5.74, 6) is -0.353. The van der Waals surface area contributed by atoms with Gasteiger partial charge in [-0.3, -0.25) is 14.5 Å². The predicted molar refractivity (Wildman–Crippen MR) is 77.8 cm³/mol. The van der Waals surface area contributed by atoms with Crippen LogP contribution in [0.15, 0.2) is 48.8 Å². The first kappa shape index (κ1) is 13.5. The molecule has 0 saturated carbocycles. The molecule has 1 aromatic heterocycles. The zero-order valence-corrected chi connectivity index (χ0v) is 12.0. The molecular formula is C17H17N2O2+. The molecule has 1 aromatic carbocycles. The molecule has 2 heterocycles. The number of carbonyl (C=O) groups is 2. The number of pyridine rings is 1. The van der Waals surface area contributed by atoms with Gasteiger partial charge >= 0.3 is 0 Å². The molecule has 1 aliphatic rings. The van der Waals surface area contributed by atoms with Gasteiger partial charge in [0.15, 0.2) is 12.4 Å². The van der Waals surface area contributed by atoms with E-state index in [1.807, 2.05) is 31.5 Å². The fourth-order valence-electron chi connectivity index (χ4n) is 2.53. The Kier molecular flexibility index (Phi) is 3.52. The van der Waals surface area contributed by atoms with E-state index < -0.39 is 0 Å². The van der Waals surface area contributed by atoms with E-state index in [1.165, 1.54) is 10.5 Å². The van der Waals surface area contributed by atoms with Gasteiger partial charge in [0, 0.05) is 25.1 Å². The Hall–Kier alpha value is -2.49. The third-order valence-corrected chi connectivity index (χ3v) is 3.73. The van der Waals surface area contributed by atoms with Gasteiger partial charge in [0.1, 0.15) is 6.54 Å². The van der Waals surface area contributed by atoms with Gasteiger partial charge in [-0.05, 0) is 24.6 Å². The number of amides is 2. The van der Waals surface area contributed by atoms with Crippen LogP contribution in [-0.4, -0.2) is 23.3 Å². The Morgan fingerprint density at radius 1 is 0.952 bits per heavy atom. The van der Waals surface area contributed by atoms with E-state index in [2.05, 4.69) is 4.57 Å². The zero-order chi connectivity index (χ0) is 14.8. The number of nitrogens with zero attached hydrogens (tertiary/aromatic N) is 2. The zero-order valence-electron chi connectivity index (χ0n) is 12.0. The maximum absolute atomic E-state index is 12.2. The molecule has 0 saturated heterocycles. The summed E-state index contributed by atoms with van der Waals surface area (Å²) in [5.41, 5.74) is 2.25. The van der Waals surface area contributed by atoms with Crippen LogP contribution < -0.4 is 4.57 Å².